The molecule has 0 spiro atoms. The monoisotopic (exact) mass is 474 g/mol. The molecule has 0 aliphatic rings. The summed E-state index contributed by atoms with van der Waals surface area (Å²) < 4.78 is 84.6. The summed E-state index contributed by atoms with van der Waals surface area (Å²) in [4.78, 5) is 0. The van der Waals surface area contributed by atoms with Crippen LogP contribution < -0.4 is 5.30 Å². The van der Waals surface area contributed by atoms with Crippen LogP contribution in [0.3, 0.4) is 0 Å². The van der Waals surface area contributed by atoms with Gasteiger partial charge >= 0.3 is 0 Å². The first-order chi connectivity index (χ1) is 14.3. The second-order valence-electron chi connectivity index (χ2n) is 11.0. The van der Waals surface area contributed by atoms with Gasteiger partial charge < -0.3 is 0 Å². The summed E-state index contributed by atoms with van der Waals surface area (Å²) in [6, 6.07) is 3.87. The summed E-state index contributed by atoms with van der Waals surface area (Å²) in [5.41, 5.74) is -1.63. The lowest BCUT2D eigenvalue weighted by atomic mass is 9.75. The second kappa shape index (κ2) is 8.52. The molecule has 0 aliphatic carbocycles. The summed E-state index contributed by atoms with van der Waals surface area (Å²) >= 11 is 0. The van der Waals surface area contributed by atoms with Crippen LogP contribution in [0.4, 0.5) is 26.3 Å². The third-order valence-corrected chi connectivity index (χ3v) is 6.34. The van der Waals surface area contributed by atoms with E-state index in [2.05, 4.69) is 0 Å². The van der Waals surface area contributed by atoms with Crippen molar-refractivity contribution in [3.8, 4) is 0 Å². The van der Waals surface area contributed by atoms with Crippen molar-refractivity contribution in [2.24, 2.45) is 0 Å². The molecule has 2 aromatic rings. The van der Waals surface area contributed by atoms with Gasteiger partial charge in [-0.3, -0.25) is 0 Å². The Morgan fingerprint density at radius 1 is 0.594 bits per heavy atom. The van der Waals surface area contributed by atoms with Crippen LogP contribution in [0, 0.1) is 29.1 Å². The Kier molecular flexibility index (Phi) is 7.04. The van der Waals surface area contributed by atoms with E-state index in [0.29, 0.717) is 5.30 Å². The van der Waals surface area contributed by atoms with Crippen molar-refractivity contribution in [2.75, 3.05) is 0 Å². The first-order valence-corrected chi connectivity index (χ1v) is 11.1. The van der Waals surface area contributed by atoms with E-state index in [0.717, 1.165) is 16.7 Å². The average Bonchev–Trinajstić information content (AvgIpc) is 2.62. The SMILES string of the molecule is CC(C)(C)c1cc(C(C)(C)C)c(P=C(F)c2c(F)c(F)c(F)c(F)c2F)c(C(C)(C)C)c1. The van der Waals surface area contributed by atoms with Gasteiger partial charge in [-0.2, -0.15) is 0 Å². The number of rotatable bonds is 2. The third-order valence-electron chi connectivity index (χ3n) is 5.22. The van der Waals surface area contributed by atoms with Gasteiger partial charge in [0, 0.05) is 5.30 Å². The van der Waals surface area contributed by atoms with Gasteiger partial charge in [0.25, 0.3) is 0 Å². The largest absolute Gasteiger partial charge is 0.203 e. The molecule has 0 unspecified atom stereocenters. The molecule has 0 N–H and O–H groups in total. The molecule has 0 atom stereocenters. The lowest BCUT2D eigenvalue weighted by Crippen LogP contribution is -2.30. The summed E-state index contributed by atoms with van der Waals surface area (Å²) in [6.07, 6.45) is 0. The zero-order chi connectivity index (χ0) is 25.0. The fourth-order valence-electron chi connectivity index (χ4n) is 3.27. The van der Waals surface area contributed by atoms with Crippen LogP contribution in [0.5, 0.6) is 0 Å². The van der Waals surface area contributed by atoms with Crippen molar-refractivity contribution < 1.29 is 26.3 Å². The van der Waals surface area contributed by atoms with Crippen molar-refractivity contribution >= 4 is 19.1 Å². The number of halogens is 6. The standard InChI is InChI=1S/C25H29F6P/c1-23(2,3)12-10-13(24(4,5)6)21(14(11-12)25(7,8)9)32-22(31)15-16(26)18(28)20(30)19(29)17(15)27/h10-11H,1-9H3. The van der Waals surface area contributed by atoms with E-state index in [1.807, 2.05) is 74.4 Å². The van der Waals surface area contributed by atoms with Crippen LogP contribution in [0.15, 0.2) is 12.1 Å². The highest BCUT2D eigenvalue weighted by Gasteiger charge is 2.32. The zero-order valence-corrected chi connectivity index (χ0v) is 20.8. The molecule has 32 heavy (non-hydrogen) atoms. The van der Waals surface area contributed by atoms with Crippen molar-refractivity contribution in [3.05, 3.63) is 63.5 Å². The third kappa shape index (κ3) is 5.06. The Bertz CT molecular complexity index is 1020. The van der Waals surface area contributed by atoms with E-state index < -0.39 is 51.0 Å². The molecule has 0 bridgehead atoms. The van der Waals surface area contributed by atoms with Crippen LogP contribution in [-0.4, -0.2) is 5.55 Å². The summed E-state index contributed by atoms with van der Waals surface area (Å²) in [5, 5.41) is 0.458. The van der Waals surface area contributed by atoms with Gasteiger partial charge in [-0.25, -0.2) is 26.3 Å². The Labute approximate surface area is 187 Å². The van der Waals surface area contributed by atoms with Crippen molar-refractivity contribution in [1.29, 1.82) is 0 Å². The molecule has 0 amide bonds. The maximum Gasteiger partial charge on any atom is 0.200 e. The lowest BCUT2D eigenvalue weighted by Gasteiger charge is -2.32. The summed E-state index contributed by atoms with van der Waals surface area (Å²) in [7, 11) is -0.267. The van der Waals surface area contributed by atoms with Crippen molar-refractivity contribution in [2.45, 2.75) is 78.6 Å². The first-order valence-electron chi connectivity index (χ1n) is 10.2. The van der Waals surface area contributed by atoms with Gasteiger partial charge in [-0.15, -0.1) is 0 Å². The van der Waals surface area contributed by atoms with Gasteiger partial charge in [0.15, 0.2) is 28.8 Å². The predicted octanol–water partition coefficient (Wildman–Crippen LogP) is 7.99. The quantitative estimate of drug-likeness (QED) is 0.179. The van der Waals surface area contributed by atoms with Gasteiger partial charge in [0.2, 0.25) is 5.82 Å². The highest BCUT2D eigenvalue weighted by Crippen LogP contribution is 2.36. The van der Waals surface area contributed by atoms with Crippen LogP contribution >= 0.6 is 8.20 Å². The fourth-order valence-corrected chi connectivity index (χ4v) is 4.82. The maximum absolute atomic E-state index is 15.3. The molecule has 0 heterocycles. The normalized spacial score (nSPS) is 13.7. The molecule has 0 fully saturated rings. The maximum atomic E-state index is 15.3. The van der Waals surface area contributed by atoms with Crippen LogP contribution in [0.2, 0.25) is 0 Å². The minimum Gasteiger partial charge on any atom is -0.203 e. The molecular formula is C25H29F6P. The molecule has 2 rings (SSSR count). The van der Waals surface area contributed by atoms with Gasteiger partial charge in [0.1, 0.15) is 0 Å². The van der Waals surface area contributed by atoms with E-state index in [4.69, 9.17) is 0 Å². The second-order valence-corrected chi connectivity index (χ2v) is 12.1. The van der Waals surface area contributed by atoms with E-state index in [1.165, 1.54) is 0 Å². The van der Waals surface area contributed by atoms with Crippen molar-refractivity contribution in [3.63, 3.8) is 0 Å². The predicted molar refractivity (Wildman–Crippen MR) is 121 cm³/mol. The molecule has 0 aromatic heterocycles. The van der Waals surface area contributed by atoms with E-state index in [-0.39, 0.29) is 13.6 Å². The Morgan fingerprint density at radius 2 is 0.938 bits per heavy atom. The highest BCUT2D eigenvalue weighted by atomic mass is 31.1. The smallest absolute Gasteiger partial charge is 0.200 e. The minimum atomic E-state index is -2.31. The molecule has 7 heteroatoms. The van der Waals surface area contributed by atoms with E-state index in [1.54, 1.807) is 0 Å². The molecule has 0 nitrogen and oxygen atoms in total. The fraction of sp³-hybridized carbons (Fsp3) is 0.480. The Hall–Kier alpha value is -1.81. The minimum absolute atomic E-state index is 0.223. The number of benzene rings is 2. The molecule has 0 saturated heterocycles. The average molecular weight is 474 g/mol. The van der Waals surface area contributed by atoms with Crippen LogP contribution in [0.25, 0.3) is 0 Å². The first kappa shape index (κ1) is 26.4. The molecule has 0 radical (unpaired) electrons. The lowest BCUT2D eigenvalue weighted by molar-refractivity contribution is 0.376. The topological polar surface area (TPSA) is 0 Å². The molecular weight excluding hydrogens is 445 g/mol. The van der Waals surface area contributed by atoms with Crippen molar-refractivity contribution in [1.82, 2.24) is 0 Å². The molecule has 0 aliphatic heterocycles. The Balaban J connectivity index is 2.99. The van der Waals surface area contributed by atoms with Crippen LogP contribution in [-0.2, 0) is 16.2 Å². The Morgan fingerprint density at radius 3 is 1.25 bits per heavy atom. The molecule has 2 aromatic carbocycles. The number of hydrogen-bond donors (Lipinski definition) is 0. The van der Waals surface area contributed by atoms with Crippen LogP contribution in [0.1, 0.15) is 84.6 Å². The molecule has 176 valence electrons. The summed E-state index contributed by atoms with van der Waals surface area (Å²) in [5.74, 6) is -11.0. The highest BCUT2D eigenvalue weighted by molar-refractivity contribution is 7.49. The van der Waals surface area contributed by atoms with E-state index in [9.17, 15) is 22.0 Å². The molecule has 0 saturated carbocycles. The number of hydrogen-bond acceptors (Lipinski definition) is 0. The van der Waals surface area contributed by atoms with E-state index >= 15 is 4.39 Å². The van der Waals surface area contributed by atoms with Gasteiger partial charge in [-0.05, 0) is 41.1 Å². The summed E-state index contributed by atoms with van der Waals surface area (Å²) in [6.45, 7) is 17.7. The van der Waals surface area contributed by atoms with Gasteiger partial charge in [-0.1, -0.05) is 74.4 Å². The van der Waals surface area contributed by atoms with Gasteiger partial charge in [0.05, 0.1) is 5.56 Å². The zero-order valence-electron chi connectivity index (χ0n) is 19.9.